The van der Waals surface area contributed by atoms with E-state index in [0.29, 0.717) is 23.1 Å². The van der Waals surface area contributed by atoms with Crippen LogP contribution in [0.1, 0.15) is 5.56 Å². The van der Waals surface area contributed by atoms with Crippen molar-refractivity contribution in [2.45, 2.75) is 18.2 Å². The Labute approximate surface area is 135 Å². The van der Waals surface area contributed by atoms with Gasteiger partial charge >= 0.3 is 25.8 Å². The summed E-state index contributed by atoms with van der Waals surface area (Å²) in [5, 5.41) is 0. The summed E-state index contributed by atoms with van der Waals surface area (Å²) >= 11 is 0. The van der Waals surface area contributed by atoms with Gasteiger partial charge in [-0.2, -0.15) is 21.6 Å². The molecule has 1 N–H and O–H groups in total. The molecule has 1 saturated heterocycles. The van der Waals surface area contributed by atoms with Crippen molar-refractivity contribution in [1.29, 1.82) is 0 Å². The van der Waals surface area contributed by atoms with E-state index in [1.54, 1.807) is 6.07 Å². The van der Waals surface area contributed by atoms with E-state index in [4.69, 9.17) is 9.47 Å². The molecule has 0 spiro atoms. The van der Waals surface area contributed by atoms with E-state index < -0.39 is 32.4 Å². The van der Waals surface area contributed by atoms with E-state index >= 15 is 0 Å². The lowest BCUT2D eigenvalue weighted by molar-refractivity contribution is -0.0442. The third-order valence-corrected chi connectivity index (χ3v) is 5.37. The number of sulfonamides is 1. The average Bonchev–Trinajstić information content (AvgIpc) is 3.25. The zero-order valence-electron chi connectivity index (χ0n) is 11.8. The molecule has 13 heteroatoms. The number of ether oxygens (including phenoxy) is 2. The van der Waals surface area contributed by atoms with Gasteiger partial charge in [0.25, 0.3) is 0 Å². The topological polar surface area (TPSA) is 111 Å². The molecule has 0 radical (unpaired) electrons. The van der Waals surface area contributed by atoms with Crippen LogP contribution in [-0.4, -0.2) is 41.7 Å². The molecule has 1 heterocycles. The molecule has 136 valence electrons. The Morgan fingerprint density at radius 2 is 1.92 bits per heavy atom. The van der Waals surface area contributed by atoms with Crippen molar-refractivity contribution in [3.05, 3.63) is 29.8 Å². The lowest BCUT2D eigenvalue weighted by Crippen LogP contribution is -2.40. The minimum Gasteiger partial charge on any atom is -0.491 e. The highest BCUT2D eigenvalue weighted by molar-refractivity contribution is 8.03. The summed E-state index contributed by atoms with van der Waals surface area (Å²) in [5.74, 6) is 0.375. The van der Waals surface area contributed by atoms with Crippen LogP contribution in [-0.2, 0) is 35.9 Å². The number of hydrogen-bond donors (Lipinski definition) is 1. The number of rotatable bonds is 8. The summed E-state index contributed by atoms with van der Waals surface area (Å²) < 4.78 is 95.5. The Kier molecular flexibility index (Phi) is 5.39. The molecule has 1 aliphatic heterocycles. The van der Waals surface area contributed by atoms with Crippen LogP contribution in [0.3, 0.4) is 0 Å². The Balaban J connectivity index is 1.95. The van der Waals surface area contributed by atoms with Gasteiger partial charge in [-0.05, 0) is 17.7 Å². The molecular formula is C11H12F3NO7S2. The second kappa shape index (κ2) is 6.84. The lowest BCUT2D eigenvalue weighted by atomic mass is 10.2. The Hall–Kier alpha value is -1.41. The highest BCUT2D eigenvalue weighted by atomic mass is 32.3. The van der Waals surface area contributed by atoms with E-state index in [9.17, 15) is 30.0 Å². The summed E-state index contributed by atoms with van der Waals surface area (Å²) in [5.41, 5.74) is -5.53. The SMILES string of the molecule is O=S(=O)(NS(=O)(=O)C(F)(F)F)OCc1cccc(OCC2CO2)c1. The molecule has 1 aliphatic rings. The van der Waals surface area contributed by atoms with Gasteiger partial charge in [0.1, 0.15) is 18.5 Å². The molecule has 24 heavy (non-hydrogen) atoms. The molecule has 1 aromatic rings. The van der Waals surface area contributed by atoms with Gasteiger partial charge in [-0.15, -0.1) is 0 Å². The van der Waals surface area contributed by atoms with Crippen LogP contribution in [0.15, 0.2) is 24.3 Å². The quantitative estimate of drug-likeness (QED) is 0.648. The number of benzene rings is 1. The summed E-state index contributed by atoms with van der Waals surface area (Å²) in [6, 6.07) is 5.91. The van der Waals surface area contributed by atoms with Crippen LogP contribution in [0, 0.1) is 0 Å². The molecule has 2 rings (SSSR count). The van der Waals surface area contributed by atoms with Crippen molar-refractivity contribution >= 4 is 20.3 Å². The number of nitrogens with one attached hydrogen (secondary N) is 1. The van der Waals surface area contributed by atoms with Gasteiger partial charge < -0.3 is 9.47 Å². The van der Waals surface area contributed by atoms with Gasteiger partial charge in [-0.1, -0.05) is 16.3 Å². The van der Waals surface area contributed by atoms with Crippen molar-refractivity contribution in [1.82, 2.24) is 4.13 Å². The Morgan fingerprint density at radius 1 is 1.25 bits per heavy atom. The lowest BCUT2D eigenvalue weighted by Gasteiger charge is -2.11. The van der Waals surface area contributed by atoms with Crippen molar-refractivity contribution in [2.24, 2.45) is 0 Å². The smallest absolute Gasteiger partial charge is 0.491 e. The van der Waals surface area contributed by atoms with E-state index in [1.807, 2.05) is 0 Å². The molecule has 0 aliphatic carbocycles. The minimum atomic E-state index is -6.08. The van der Waals surface area contributed by atoms with Gasteiger partial charge in [-0.25, -0.2) is 8.42 Å². The number of halogens is 3. The predicted molar refractivity (Wildman–Crippen MR) is 73.5 cm³/mol. The van der Waals surface area contributed by atoms with Crippen molar-refractivity contribution in [3.8, 4) is 5.75 Å². The first-order chi connectivity index (χ1) is 11.0. The van der Waals surface area contributed by atoms with Crippen LogP contribution >= 0.6 is 0 Å². The first-order valence-corrected chi connectivity index (χ1v) is 9.20. The highest BCUT2D eigenvalue weighted by Crippen LogP contribution is 2.23. The summed E-state index contributed by atoms with van der Waals surface area (Å²) in [4.78, 5) is 0. The zero-order valence-corrected chi connectivity index (χ0v) is 13.4. The molecule has 1 atom stereocenters. The number of alkyl halides is 3. The number of hydrogen-bond acceptors (Lipinski definition) is 7. The van der Waals surface area contributed by atoms with Gasteiger partial charge in [0.05, 0.1) is 13.2 Å². The summed E-state index contributed by atoms with van der Waals surface area (Å²) in [6.45, 7) is 0.203. The molecule has 0 saturated carbocycles. The maximum Gasteiger partial charge on any atom is 0.512 e. The fraction of sp³-hybridized carbons (Fsp3) is 0.455. The Morgan fingerprint density at radius 3 is 2.50 bits per heavy atom. The maximum atomic E-state index is 12.1. The van der Waals surface area contributed by atoms with Crippen LogP contribution in [0.25, 0.3) is 0 Å². The van der Waals surface area contributed by atoms with Crippen LogP contribution in [0.2, 0.25) is 0 Å². The fourth-order valence-corrected chi connectivity index (χ4v) is 3.37. The van der Waals surface area contributed by atoms with Crippen LogP contribution in [0.4, 0.5) is 13.2 Å². The van der Waals surface area contributed by atoms with Crippen molar-refractivity contribution in [2.75, 3.05) is 13.2 Å². The van der Waals surface area contributed by atoms with E-state index in [-0.39, 0.29) is 11.7 Å². The standard InChI is InChI=1S/C11H12F3NO7S2/c12-11(13,14)23(16,17)15-24(18,19)22-5-8-2-1-3-9(4-8)20-6-10-7-21-10/h1-4,10,15H,5-7H2. The van der Waals surface area contributed by atoms with Crippen molar-refractivity contribution < 1.29 is 43.7 Å². The molecule has 0 amide bonds. The first kappa shape index (κ1) is 18.9. The number of epoxide rings is 1. The minimum absolute atomic E-state index is 0.00191. The van der Waals surface area contributed by atoms with Crippen LogP contribution in [0.5, 0.6) is 5.75 Å². The fourth-order valence-electron chi connectivity index (χ4n) is 1.43. The second-order valence-corrected chi connectivity index (χ2v) is 7.94. The normalized spacial score (nSPS) is 18.4. The largest absolute Gasteiger partial charge is 0.512 e. The molecule has 0 aromatic heterocycles. The van der Waals surface area contributed by atoms with E-state index in [1.165, 1.54) is 18.2 Å². The summed E-state index contributed by atoms with van der Waals surface area (Å²) in [6.07, 6.45) is 0.00191. The van der Waals surface area contributed by atoms with Gasteiger partial charge in [0.15, 0.2) is 0 Å². The second-order valence-electron chi connectivity index (χ2n) is 4.66. The molecule has 1 unspecified atom stereocenters. The van der Waals surface area contributed by atoms with E-state index in [0.717, 1.165) is 0 Å². The monoisotopic (exact) mass is 391 g/mol. The molecular weight excluding hydrogens is 379 g/mol. The van der Waals surface area contributed by atoms with Crippen LogP contribution < -0.4 is 8.86 Å². The third-order valence-electron chi connectivity index (χ3n) is 2.63. The third kappa shape index (κ3) is 5.59. The molecule has 8 nitrogen and oxygen atoms in total. The Bertz CT molecular complexity index is 788. The van der Waals surface area contributed by atoms with Gasteiger partial charge in [0, 0.05) is 0 Å². The summed E-state index contributed by atoms with van der Waals surface area (Å²) in [7, 11) is -11.2. The molecule has 1 aromatic carbocycles. The van der Waals surface area contributed by atoms with Gasteiger partial charge in [-0.3, -0.25) is 4.18 Å². The highest BCUT2D eigenvalue weighted by Gasteiger charge is 2.48. The van der Waals surface area contributed by atoms with E-state index in [2.05, 4.69) is 4.18 Å². The maximum absolute atomic E-state index is 12.1. The predicted octanol–water partition coefficient (Wildman–Crippen LogP) is 0.665. The first-order valence-electron chi connectivity index (χ1n) is 6.31. The molecule has 0 bridgehead atoms. The molecule has 1 fully saturated rings. The average molecular weight is 391 g/mol. The zero-order chi connectivity index (χ0) is 18.0. The van der Waals surface area contributed by atoms with Crippen molar-refractivity contribution in [3.63, 3.8) is 0 Å². The van der Waals surface area contributed by atoms with Gasteiger partial charge in [0.2, 0.25) is 0 Å².